The zero-order valence-electron chi connectivity index (χ0n) is 11.2. The van der Waals surface area contributed by atoms with E-state index < -0.39 is 22.3 Å². The monoisotopic (exact) mass is 298 g/mol. The van der Waals surface area contributed by atoms with E-state index in [1.54, 1.807) is 0 Å². The fraction of sp³-hybridized carbons (Fsp3) is 0.545. The van der Waals surface area contributed by atoms with Crippen LogP contribution in [-0.4, -0.2) is 50.2 Å². The Kier molecular flexibility index (Phi) is 3.89. The lowest BCUT2D eigenvalue weighted by atomic mass is 9.99. The number of ether oxygens (including phenoxy) is 1. The summed E-state index contributed by atoms with van der Waals surface area (Å²) in [6.45, 7) is 1.42. The summed E-state index contributed by atoms with van der Waals surface area (Å²) in [6.07, 6.45) is 1.31. The predicted octanol–water partition coefficient (Wildman–Crippen LogP) is -0.540. The Bertz CT molecular complexity index is 590. The Morgan fingerprint density at radius 3 is 2.86 bits per heavy atom. The molecule has 1 aliphatic rings. The fourth-order valence-corrected chi connectivity index (χ4v) is 2.09. The molecule has 0 aliphatic carbocycles. The molecule has 2 rings (SSSR count). The van der Waals surface area contributed by atoms with Crippen molar-refractivity contribution >= 4 is 17.7 Å². The van der Waals surface area contributed by atoms with E-state index >= 15 is 0 Å². The van der Waals surface area contributed by atoms with Crippen LogP contribution in [0, 0.1) is 17.0 Å². The fourth-order valence-electron chi connectivity index (χ4n) is 2.09. The second-order valence-corrected chi connectivity index (χ2v) is 4.77. The minimum Gasteiger partial charge on any atom is -0.479 e. The lowest BCUT2D eigenvalue weighted by molar-refractivity contribution is -0.389. The van der Waals surface area contributed by atoms with Gasteiger partial charge in [-0.1, -0.05) is 0 Å². The molecule has 1 unspecified atom stereocenters. The number of carboxylic acids is 1. The Morgan fingerprint density at radius 1 is 1.67 bits per heavy atom. The van der Waals surface area contributed by atoms with Gasteiger partial charge in [0.1, 0.15) is 12.7 Å². The molecule has 10 heteroatoms. The van der Waals surface area contributed by atoms with Crippen molar-refractivity contribution in [2.24, 2.45) is 0 Å². The van der Waals surface area contributed by atoms with Crippen LogP contribution >= 0.6 is 0 Å². The molecule has 1 aromatic rings. The van der Waals surface area contributed by atoms with Crippen LogP contribution < -0.4 is 5.32 Å². The highest BCUT2D eigenvalue weighted by Crippen LogP contribution is 2.19. The molecule has 0 aromatic carbocycles. The van der Waals surface area contributed by atoms with E-state index in [2.05, 4.69) is 10.3 Å². The molecule has 1 aliphatic heterocycles. The summed E-state index contributed by atoms with van der Waals surface area (Å²) in [4.78, 5) is 36.9. The zero-order chi connectivity index (χ0) is 15.6. The standard InChI is InChI=1S/C11H14N4O6/c1-7-12-8(15(19)20)4-14(7)5-9(16)13-11(10(17)18)2-3-21-6-11/h4H,2-3,5-6H2,1H3,(H,13,16)(H,17,18). The summed E-state index contributed by atoms with van der Waals surface area (Å²) in [6, 6.07) is 0. The first-order valence-electron chi connectivity index (χ1n) is 6.14. The topological polar surface area (TPSA) is 137 Å². The maximum absolute atomic E-state index is 12.0. The van der Waals surface area contributed by atoms with Gasteiger partial charge in [-0.2, -0.15) is 0 Å². The molecule has 0 bridgehead atoms. The van der Waals surface area contributed by atoms with Crippen molar-refractivity contribution < 1.29 is 24.4 Å². The van der Waals surface area contributed by atoms with E-state index in [9.17, 15) is 24.8 Å². The van der Waals surface area contributed by atoms with Gasteiger partial charge < -0.3 is 25.3 Å². The van der Waals surface area contributed by atoms with E-state index in [-0.39, 0.29) is 32.0 Å². The van der Waals surface area contributed by atoms with Crippen LogP contribution in [0.1, 0.15) is 12.2 Å². The summed E-state index contributed by atoms with van der Waals surface area (Å²) in [7, 11) is 0. The highest BCUT2D eigenvalue weighted by Gasteiger charge is 2.43. The van der Waals surface area contributed by atoms with Gasteiger partial charge in [-0.05, 0) is 9.91 Å². The van der Waals surface area contributed by atoms with E-state index in [0.717, 1.165) is 6.20 Å². The van der Waals surface area contributed by atoms with Gasteiger partial charge in [0.05, 0.1) is 6.61 Å². The van der Waals surface area contributed by atoms with Gasteiger partial charge in [0.25, 0.3) is 0 Å². The van der Waals surface area contributed by atoms with Crippen molar-refractivity contribution in [2.45, 2.75) is 25.4 Å². The number of hydrogen-bond donors (Lipinski definition) is 2. The number of imidazole rings is 1. The maximum atomic E-state index is 12.0. The zero-order valence-corrected chi connectivity index (χ0v) is 11.2. The average Bonchev–Trinajstić information content (AvgIpc) is 2.98. The summed E-state index contributed by atoms with van der Waals surface area (Å²) in [5.74, 6) is -1.80. The second kappa shape index (κ2) is 5.48. The Hall–Kier alpha value is -2.49. The van der Waals surface area contributed by atoms with Crippen molar-refractivity contribution in [2.75, 3.05) is 13.2 Å². The number of carbonyl (C=O) groups excluding carboxylic acids is 1. The second-order valence-electron chi connectivity index (χ2n) is 4.77. The number of amides is 1. The molecule has 21 heavy (non-hydrogen) atoms. The van der Waals surface area contributed by atoms with Crippen LogP contribution in [0.2, 0.25) is 0 Å². The summed E-state index contributed by atoms with van der Waals surface area (Å²) in [5, 5.41) is 22.2. The van der Waals surface area contributed by atoms with Gasteiger partial charge in [-0.15, -0.1) is 0 Å². The number of hydrogen-bond acceptors (Lipinski definition) is 6. The van der Waals surface area contributed by atoms with Crippen LogP contribution in [0.4, 0.5) is 5.82 Å². The van der Waals surface area contributed by atoms with Crippen LogP contribution in [0.25, 0.3) is 0 Å². The number of nitrogens with one attached hydrogen (secondary N) is 1. The molecule has 114 valence electrons. The SMILES string of the molecule is Cc1nc([N+](=O)[O-])cn1CC(=O)NC1(C(=O)O)CCOC1. The van der Waals surface area contributed by atoms with E-state index in [1.165, 1.54) is 11.5 Å². The van der Waals surface area contributed by atoms with Crippen molar-refractivity contribution in [1.82, 2.24) is 14.9 Å². The van der Waals surface area contributed by atoms with Gasteiger partial charge >= 0.3 is 11.8 Å². The first kappa shape index (κ1) is 14.9. The number of carboxylic acid groups (broad SMARTS) is 1. The number of nitro groups is 1. The molecule has 2 N–H and O–H groups in total. The maximum Gasteiger partial charge on any atom is 0.381 e. The van der Waals surface area contributed by atoms with Crippen molar-refractivity contribution in [3.63, 3.8) is 0 Å². The minimum absolute atomic E-state index is 0.100. The molecule has 1 fully saturated rings. The molecule has 1 aromatic heterocycles. The van der Waals surface area contributed by atoms with Crippen molar-refractivity contribution in [3.05, 3.63) is 22.1 Å². The summed E-state index contributed by atoms with van der Waals surface area (Å²) in [5.41, 5.74) is -1.43. The predicted molar refractivity (Wildman–Crippen MR) is 67.6 cm³/mol. The molecule has 2 heterocycles. The summed E-state index contributed by atoms with van der Waals surface area (Å²) >= 11 is 0. The molecule has 0 radical (unpaired) electrons. The first-order valence-corrected chi connectivity index (χ1v) is 6.14. The summed E-state index contributed by atoms with van der Waals surface area (Å²) < 4.78 is 6.32. The number of carbonyl (C=O) groups is 2. The van der Waals surface area contributed by atoms with E-state index in [0.29, 0.717) is 5.82 Å². The van der Waals surface area contributed by atoms with Gasteiger partial charge in [0, 0.05) is 20.0 Å². The molecule has 0 saturated carbocycles. The third-order valence-corrected chi connectivity index (χ3v) is 3.27. The third kappa shape index (κ3) is 2.99. The Morgan fingerprint density at radius 2 is 2.38 bits per heavy atom. The normalized spacial score (nSPS) is 21.2. The molecule has 1 saturated heterocycles. The lowest BCUT2D eigenvalue weighted by Gasteiger charge is -2.23. The van der Waals surface area contributed by atoms with Crippen LogP contribution in [0.5, 0.6) is 0 Å². The lowest BCUT2D eigenvalue weighted by Crippen LogP contribution is -2.55. The van der Waals surface area contributed by atoms with Crippen LogP contribution in [-0.2, 0) is 20.9 Å². The van der Waals surface area contributed by atoms with E-state index in [4.69, 9.17) is 4.74 Å². The number of aromatic nitrogens is 2. The first-order chi connectivity index (χ1) is 9.84. The Balaban J connectivity index is 2.08. The molecular formula is C11H14N4O6. The van der Waals surface area contributed by atoms with Gasteiger partial charge in [-0.3, -0.25) is 9.36 Å². The molecule has 10 nitrogen and oxygen atoms in total. The molecular weight excluding hydrogens is 284 g/mol. The number of nitrogens with zero attached hydrogens (tertiary/aromatic N) is 3. The van der Waals surface area contributed by atoms with Gasteiger partial charge in [-0.25, -0.2) is 4.79 Å². The Labute approximate surface area is 118 Å². The molecule has 0 spiro atoms. The largest absolute Gasteiger partial charge is 0.479 e. The van der Waals surface area contributed by atoms with Gasteiger partial charge in [0.15, 0.2) is 5.54 Å². The van der Waals surface area contributed by atoms with Crippen molar-refractivity contribution in [3.8, 4) is 0 Å². The highest BCUT2D eigenvalue weighted by molar-refractivity contribution is 5.87. The van der Waals surface area contributed by atoms with Crippen molar-refractivity contribution in [1.29, 1.82) is 0 Å². The average molecular weight is 298 g/mol. The minimum atomic E-state index is -1.43. The number of aryl methyl sites for hydroxylation is 1. The van der Waals surface area contributed by atoms with Crippen LogP contribution in [0.15, 0.2) is 6.20 Å². The number of aliphatic carboxylic acids is 1. The molecule has 1 amide bonds. The van der Waals surface area contributed by atoms with E-state index in [1.807, 2.05) is 0 Å². The quantitative estimate of drug-likeness (QED) is 0.550. The highest BCUT2D eigenvalue weighted by atomic mass is 16.6. The molecule has 1 atom stereocenters. The van der Waals surface area contributed by atoms with Gasteiger partial charge in [0.2, 0.25) is 11.7 Å². The van der Waals surface area contributed by atoms with Crippen LogP contribution in [0.3, 0.4) is 0 Å². The smallest absolute Gasteiger partial charge is 0.381 e. The number of rotatable bonds is 5. The third-order valence-electron chi connectivity index (χ3n) is 3.27.